The number of hydrogen-bond donors (Lipinski definition) is 0. The van der Waals surface area contributed by atoms with E-state index in [4.69, 9.17) is 4.74 Å². The number of para-hydroxylation sites is 1. The fourth-order valence-corrected chi connectivity index (χ4v) is 3.86. The number of nitrogens with zero attached hydrogens (tertiary/aromatic N) is 3. The standard InChI is InChI=1S/C18H21N3O3/c22-17(21-9-10-24-16-8-4-3-7-15(16)21)11-20-12-19-14-6-2-1-5-13(14)18(20)23/h1-2,5-6,12,15-16H,3-4,7-11H2/t15-,16-/m1/s1. The number of fused-ring (bicyclic) bond motifs is 2. The van der Waals surface area contributed by atoms with Gasteiger partial charge in [-0.15, -0.1) is 0 Å². The van der Waals surface area contributed by atoms with Crippen LogP contribution in [0.25, 0.3) is 10.9 Å². The van der Waals surface area contributed by atoms with Crippen molar-refractivity contribution in [2.75, 3.05) is 13.2 Å². The van der Waals surface area contributed by atoms with Gasteiger partial charge in [0.05, 0.1) is 36.0 Å². The van der Waals surface area contributed by atoms with Gasteiger partial charge in [0.2, 0.25) is 5.91 Å². The van der Waals surface area contributed by atoms with Crippen LogP contribution in [0.2, 0.25) is 0 Å². The van der Waals surface area contributed by atoms with Crippen molar-refractivity contribution in [3.05, 3.63) is 40.9 Å². The molecule has 2 heterocycles. The van der Waals surface area contributed by atoms with Crippen molar-refractivity contribution < 1.29 is 9.53 Å². The first-order valence-electron chi connectivity index (χ1n) is 8.59. The normalized spacial score (nSPS) is 23.9. The highest BCUT2D eigenvalue weighted by Crippen LogP contribution is 2.28. The lowest BCUT2D eigenvalue weighted by atomic mass is 9.90. The lowest BCUT2D eigenvalue weighted by Gasteiger charge is -2.43. The SMILES string of the molecule is O=C(Cn1cnc2ccccc2c1=O)N1CCO[C@@H]2CCCC[C@H]21. The van der Waals surface area contributed by atoms with E-state index in [1.54, 1.807) is 12.1 Å². The maximum Gasteiger partial charge on any atom is 0.261 e. The van der Waals surface area contributed by atoms with E-state index in [1.165, 1.54) is 10.9 Å². The summed E-state index contributed by atoms with van der Waals surface area (Å²) in [6.07, 6.45) is 5.93. The Labute approximate surface area is 140 Å². The highest BCUT2D eigenvalue weighted by Gasteiger charge is 2.36. The summed E-state index contributed by atoms with van der Waals surface area (Å²) in [5.41, 5.74) is 0.493. The number of carbonyl (C=O) groups excluding carboxylic acids is 1. The Morgan fingerprint density at radius 1 is 1.25 bits per heavy atom. The van der Waals surface area contributed by atoms with Gasteiger partial charge in [-0.2, -0.15) is 0 Å². The Kier molecular flexibility index (Phi) is 4.06. The minimum atomic E-state index is -0.164. The van der Waals surface area contributed by atoms with Crippen LogP contribution in [0.5, 0.6) is 0 Å². The quantitative estimate of drug-likeness (QED) is 0.840. The molecule has 0 unspecified atom stereocenters. The molecule has 2 aromatic rings. The van der Waals surface area contributed by atoms with Gasteiger partial charge < -0.3 is 9.64 Å². The summed E-state index contributed by atoms with van der Waals surface area (Å²) >= 11 is 0. The van der Waals surface area contributed by atoms with Gasteiger partial charge in [-0.3, -0.25) is 14.2 Å². The smallest absolute Gasteiger partial charge is 0.261 e. The van der Waals surface area contributed by atoms with E-state index >= 15 is 0 Å². The van der Waals surface area contributed by atoms with Gasteiger partial charge in [-0.05, 0) is 25.0 Å². The van der Waals surface area contributed by atoms with E-state index in [-0.39, 0.29) is 30.2 Å². The zero-order chi connectivity index (χ0) is 16.5. The summed E-state index contributed by atoms with van der Waals surface area (Å²) in [5, 5.41) is 0.547. The first-order chi connectivity index (χ1) is 11.7. The molecule has 24 heavy (non-hydrogen) atoms. The third-order valence-electron chi connectivity index (χ3n) is 5.09. The maximum absolute atomic E-state index is 12.8. The number of amides is 1. The second-order valence-electron chi connectivity index (χ2n) is 6.54. The summed E-state index contributed by atoms with van der Waals surface area (Å²) in [4.78, 5) is 31.6. The average Bonchev–Trinajstić information content (AvgIpc) is 2.63. The molecule has 0 bridgehead atoms. The zero-order valence-corrected chi connectivity index (χ0v) is 13.6. The second kappa shape index (κ2) is 6.36. The van der Waals surface area contributed by atoms with Crippen molar-refractivity contribution in [2.45, 2.75) is 44.4 Å². The molecule has 1 aromatic heterocycles. The van der Waals surface area contributed by atoms with Crippen LogP contribution in [0.4, 0.5) is 0 Å². The minimum absolute atomic E-state index is 0.0191. The molecule has 0 N–H and O–H groups in total. The average molecular weight is 327 g/mol. The molecule has 1 saturated carbocycles. The van der Waals surface area contributed by atoms with Crippen molar-refractivity contribution >= 4 is 16.8 Å². The number of rotatable bonds is 2. The molecule has 126 valence electrons. The number of hydrogen-bond acceptors (Lipinski definition) is 4. The molecule has 1 amide bonds. The molecule has 1 saturated heterocycles. The van der Waals surface area contributed by atoms with Crippen LogP contribution in [0, 0.1) is 0 Å². The highest BCUT2D eigenvalue weighted by molar-refractivity contribution is 5.79. The molecule has 2 fully saturated rings. The van der Waals surface area contributed by atoms with Gasteiger partial charge in [-0.1, -0.05) is 25.0 Å². The Hall–Kier alpha value is -2.21. The summed E-state index contributed by atoms with van der Waals surface area (Å²) in [6, 6.07) is 7.37. The van der Waals surface area contributed by atoms with Crippen LogP contribution >= 0.6 is 0 Å². The molecule has 2 aliphatic rings. The van der Waals surface area contributed by atoms with Crippen LogP contribution < -0.4 is 5.56 Å². The zero-order valence-electron chi connectivity index (χ0n) is 13.6. The van der Waals surface area contributed by atoms with Gasteiger partial charge in [-0.25, -0.2) is 4.98 Å². The van der Waals surface area contributed by atoms with Crippen LogP contribution in [0.15, 0.2) is 35.4 Å². The second-order valence-corrected chi connectivity index (χ2v) is 6.54. The third kappa shape index (κ3) is 2.71. The van der Waals surface area contributed by atoms with Crippen LogP contribution in [0.3, 0.4) is 0 Å². The molecule has 4 rings (SSSR count). The Balaban J connectivity index is 1.57. The van der Waals surface area contributed by atoms with E-state index < -0.39 is 0 Å². The van der Waals surface area contributed by atoms with Crippen molar-refractivity contribution in [3.8, 4) is 0 Å². The van der Waals surface area contributed by atoms with Gasteiger partial charge in [0, 0.05) is 6.54 Å². The molecule has 1 aromatic carbocycles. The number of benzene rings is 1. The molecule has 6 heteroatoms. The fraction of sp³-hybridized carbons (Fsp3) is 0.500. The Morgan fingerprint density at radius 2 is 2.08 bits per heavy atom. The maximum atomic E-state index is 12.8. The van der Waals surface area contributed by atoms with Crippen molar-refractivity contribution in [1.29, 1.82) is 0 Å². The predicted octanol–water partition coefficient (Wildman–Crippen LogP) is 1.57. The third-order valence-corrected chi connectivity index (χ3v) is 5.09. The largest absolute Gasteiger partial charge is 0.374 e. The molecule has 2 atom stereocenters. The van der Waals surface area contributed by atoms with Gasteiger partial charge >= 0.3 is 0 Å². The molecule has 0 radical (unpaired) electrons. The van der Waals surface area contributed by atoms with Crippen LogP contribution in [0.1, 0.15) is 25.7 Å². The van der Waals surface area contributed by atoms with Crippen LogP contribution in [-0.4, -0.2) is 45.7 Å². The van der Waals surface area contributed by atoms with Crippen LogP contribution in [-0.2, 0) is 16.1 Å². The summed E-state index contributed by atoms with van der Waals surface area (Å²) in [6.45, 7) is 1.23. The van der Waals surface area contributed by atoms with E-state index in [1.807, 2.05) is 17.0 Å². The van der Waals surface area contributed by atoms with Crippen molar-refractivity contribution in [2.24, 2.45) is 0 Å². The summed E-state index contributed by atoms with van der Waals surface area (Å²) in [7, 11) is 0. The first kappa shape index (κ1) is 15.3. The lowest BCUT2D eigenvalue weighted by Crippen LogP contribution is -2.55. The predicted molar refractivity (Wildman–Crippen MR) is 89.7 cm³/mol. The number of morpholine rings is 1. The van der Waals surface area contributed by atoms with E-state index in [2.05, 4.69) is 4.98 Å². The van der Waals surface area contributed by atoms with E-state index in [9.17, 15) is 9.59 Å². The Morgan fingerprint density at radius 3 is 3.00 bits per heavy atom. The Bertz CT molecular complexity index is 815. The molecule has 6 nitrogen and oxygen atoms in total. The monoisotopic (exact) mass is 327 g/mol. The molecule has 0 spiro atoms. The number of aromatic nitrogens is 2. The highest BCUT2D eigenvalue weighted by atomic mass is 16.5. The molecule has 1 aliphatic carbocycles. The number of carbonyl (C=O) groups is 1. The fourth-order valence-electron chi connectivity index (χ4n) is 3.86. The van der Waals surface area contributed by atoms with Gasteiger partial charge in [0.25, 0.3) is 5.56 Å². The molecular weight excluding hydrogens is 306 g/mol. The summed E-state index contributed by atoms with van der Waals surface area (Å²) < 4.78 is 7.23. The molecular formula is C18H21N3O3. The van der Waals surface area contributed by atoms with E-state index in [0.717, 1.165) is 25.7 Å². The van der Waals surface area contributed by atoms with E-state index in [0.29, 0.717) is 24.1 Å². The minimum Gasteiger partial charge on any atom is -0.374 e. The topological polar surface area (TPSA) is 64.4 Å². The van der Waals surface area contributed by atoms with Gasteiger partial charge in [0.1, 0.15) is 6.54 Å². The summed E-state index contributed by atoms with van der Waals surface area (Å²) in [5.74, 6) is -0.0191. The first-order valence-corrected chi connectivity index (χ1v) is 8.59. The molecule has 1 aliphatic heterocycles. The number of ether oxygens (including phenoxy) is 1. The lowest BCUT2D eigenvalue weighted by molar-refractivity contribution is -0.150. The van der Waals surface area contributed by atoms with Crippen molar-refractivity contribution in [3.63, 3.8) is 0 Å². The van der Waals surface area contributed by atoms with Crippen molar-refractivity contribution in [1.82, 2.24) is 14.5 Å². The van der Waals surface area contributed by atoms with Gasteiger partial charge in [0.15, 0.2) is 0 Å².